The number of hydrogen-bond donors (Lipinski definition) is 0. The van der Waals surface area contributed by atoms with Crippen LogP contribution in [0.15, 0.2) is 0 Å². The van der Waals surface area contributed by atoms with E-state index >= 15 is 0 Å². The van der Waals surface area contributed by atoms with Crippen LogP contribution in [0.2, 0.25) is 0 Å². The van der Waals surface area contributed by atoms with Crippen molar-refractivity contribution < 1.29 is 18.3 Å². The molecular weight excluding hydrogens is 353 g/mol. The second-order valence-corrected chi connectivity index (χ2v) is 11.8. The van der Waals surface area contributed by atoms with Gasteiger partial charge in [0.05, 0.1) is 24.3 Å². The first-order valence-corrected chi connectivity index (χ1v) is 11.3. The zero-order chi connectivity index (χ0) is 14.6. The lowest BCUT2D eigenvalue weighted by molar-refractivity contribution is 0.0126. The summed E-state index contributed by atoms with van der Waals surface area (Å²) in [5.74, 6) is 0. The molecule has 1 aliphatic rings. The highest BCUT2D eigenvalue weighted by Gasteiger charge is 2.37. The Kier molecular flexibility index (Phi) is 6.70. The molecule has 0 spiro atoms. The Labute approximate surface area is 127 Å². The number of carbonyl (C=O) groups is 1. The first kappa shape index (κ1) is 17.3. The Hall–Kier alpha value is 0.290. The van der Waals surface area contributed by atoms with Gasteiger partial charge in [0.1, 0.15) is 5.60 Å². The van der Waals surface area contributed by atoms with Crippen LogP contribution in [0, 0.1) is 0 Å². The topological polar surface area (TPSA) is 55.8 Å². The van der Waals surface area contributed by atoms with Gasteiger partial charge in [0.2, 0.25) is 5.71 Å². The van der Waals surface area contributed by atoms with E-state index in [2.05, 4.69) is 15.5 Å². The second kappa shape index (κ2) is 7.34. The lowest BCUT2D eigenvalue weighted by Crippen LogP contribution is -2.44. The fraction of sp³-hybridized carbons (Fsp3) is 0.909. The van der Waals surface area contributed by atoms with E-state index in [0.717, 1.165) is 24.5 Å². The molecular formula is C11H21BrNO4PS. The van der Waals surface area contributed by atoms with Crippen LogP contribution >= 0.6 is 32.9 Å². The maximum Gasteiger partial charge on any atom is 0.410 e. The Morgan fingerprint density at radius 3 is 2.63 bits per heavy atom. The summed E-state index contributed by atoms with van der Waals surface area (Å²) in [5.41, 5.74) is -2.38. The average molecular weight is 374 g/mol. The van der Waals surface area contributed by atoms with Crippen LogP contribution in [0.1, 0.15) is 40.5 Å². The smallest absolute Gasteiger partial charge is 0.410 e. The zero-order valence-electron chi connectivity index (χ0n) is 11.6. The molecule has 1 saturated heterocycles. The molecule has 1 amide bonds. The molecule has 1 aliphatic heterocycles. The van der Waals surface area contributed by atoms with Gasteiger partial charge in [-0.25, -0.2) is 4.79 Å². The third-order valence-electron chi connectivity index (χ3n) is 2.78. The predicted octanol–water partition coefficient (Wildman–Crippen LogP) is 4.22. The van der Waals surface area contributed by atoms with Crippen LogP contribution in [0.3, 0.4) is 0 Å². The summed E-state index contributed by atoms with van der Waals surface area (Å²) < 4.78 is 21.6. The molecule has 2 unspecified atom stereocenters. The largest absolute Gasteiger partial charge is 0.444 e. The standard InChI is InChI=1S/C11H21BrNO4PS/c1-8-5-6-9(7-16-19-18(12)15)13(8)10(14)17-11(2,3)4/h8-9,18H,5-7H2,1-4H3/t8?,9-/m0/s1. The van der Waals surface area contributed by atoms with E-state index in [9.17, 15) is 9.36 Å². The van der Waals surface area contributed by atoms with Crippen molar-refractivity contribution in [3.63, 3.8) is 0 Å². The molecule has 1 fully saturated rings. The van der Waals surface area contributed by atoms with Crippen molar-refractivity contribution in [2.75, 3.05) is 6.61 Å². The summed E-state index contributed by atoms with van der Waals surface area (Å²) in [6, 6.07) is 0.139. The number of hydrogen-bond acceptors (Lipinski definition) is 5. The second-order valence-electron chi connectivity index (χ2n) is 5.57. The van der Waals surface area contributed by atoms with Gasteiger partial charge in [-0.2, -0.15) is 0 Å². The van der Waals surface area contributed by atoms with Gasteiger partial charge < -0.3 is 18.4 Å². The summed E-state index contributed by atoms with van der Waals surface area (Å²) in [6.45, 7) is 7.93. The fourth-order valence-corrected chi connectivity index (χ4v) is 3.68. The van der Waals surface area contributed by atoms with Crippen LogP contribution in [0.25, 0.3) is 0 Å². The quantitative estimate of drug-likeness (QED) is 0.545. The number of carbonyl (C=O) groups excluding carboxylic acids is 1. The number of ether oxygens (including phenoxy) is 1. The van der Waals surface area contributed by atoms with Crippen LogP contribution in [0.4, 0.5) is 4.79 Å². The van der Waals surface area contributed by atoms with Crippen molar-refractivity contribution in [3.05, 3.63) is 0 Å². The molecule has 0 aromatic rings. The first-order chi connectivity index (χ1) is 8.70. The van der Waals surface area contributed by atoms with Crippen molar-refractivity contribution in [1.82, 2.24) is 4.90 Å². The molecule has 0 aromatic carbocycles. The van der Waals surface area contributed by atoms with Crippen molar-refractivity contribution in [2.45, 2.75) is 58.2 Å². The normalized spacial score (nSPS) is 25.4. The Morgan fingerprint density at radius 2 is 2.11 bits per heavy atom. The SMILES string of the molecule is CC1CC[C@@H](COS[PH](=O)Br)N1C(=O)OC(C)(C)C. The Morgan fingerprint density at radius 1 is 1.47 bits per heavy atom. The lowest BCUT2D eigenvalue weighted by Gasteiger charge is -2.31. The monoisotopic (exact) mass is 373 g/mol. The molecule has 19 heavy (non-hydrogen) atoms. The van der Waals surface area contributed by atoms with Gasteiger partial charge >= 0.3 is 6.09 Å². The number of rotatable bonds is 4. The summed E-state index contributed by atoms with van der Waals surface area (Å²) in [5, 5.41) is 0. The van der Waals surface area contributed by atoms with Crippen LogP contribution in [-0.2, 0) is 13.5 Å². The van der Waals surface area contributed by atoms with Crippen LogP contribution in [0.5, 0.6) is 0 Å². The third kappa shape index (κ3) is 6.06. The molecule has 8 heteroatoms. The molecule has 0 N–H and O–H groups in total. The highest BCUT2D eigenvalue weighted by Crippen LogP contribution is 2.45. The average Bonchev–Trinajstić information content (AvgIpc) is 2.56. The Bertz CT molecular complexity index is 350. The molecule has 1 heterocycles. The maximum atomic E-state index is 12.2. The highest BCUT2D eigenvalue weighted by molar-refractivity contribution is 9.45. The minimum Gasteiger partial charge on any atom is -0.444 e. The Balaban J connectivity index is 2.56. The first-order valence-electron chi connectivity index (χ1n) is 6.21. The van der Waals surface area contributed by atoms with Gasteiger partial charge in [-0.15, -0.1) is 0 Å². The molecule has 1 rings (SSSR count). The van der Waals surface area contributed by atoms with E-state index < -0.39 is 11.3 Å². The fourth-order valence-electron chi connectivity index (χ4n) is 2.04. The molecule has 0 aromatic heterocycles. The van der Waals surface area contributed by atoms with Crippen LogP contribution < -0.4 is 0 Å². The number of halogens is 1. The number of likely N-dealkylation sites (tertiary alicyclic amines) is 1. The van der Waals surface area contributed by atoms with Crippen molar-refractivity contribution in [2.24, 2.45) is 0 Å². The van der Waals surface area contributed by atoms with Gasteiger partial charge in [0.25, 0.3) is 0 Å². The van der Waals surface area contributed by atoms with Gasteiger partial charge in [-0.3, -0.25) is 0 Å². The third-order valence-corrected chi connectivity index (χ3v) is 5.10. The zero-order valence-corrected chi connectivity index (χ0v) is 15.0. The molecule has 0 bridgehead atoms. The molecule has 0 saturated carbocycles. The van der Waals surface area contributed by atoms with E-state index in [4.69, 9.17) is 8.92 Å². The number of amides is 1. The van der Waals surface area contributed by atoms with E-state index in [1.54, 1.807) is 4.90 Å². The molecule has 5 nitrogen and oxygen atoms in total. The summed E-state index contributed by atoms with van der Waals surface area (Å²) in [6.07, 6.45) is 1.51. The van der Waals surface area contributed by atoms with E-state index in [0.29, 0.717) is 6.61 Å². The van der Waals surface area contributed by atoms with E-state index in [1.807, 2.05) is 27.7 Å². The summed E-state index contributed by atoms with van der Waals surface area (Å²) >= 11 is 3.89. The van der Waals surface area contributed by atoms with Gasteiger partial charge in [-0.05, 0) is 56.0 Å². The van der Waals surface area contributed by atoms with E-state index in [1.165, 1.54) is 0 Å². The molecule has 112 valence electrons. The minimum atomic E-state index is -1.88. The van der Waals surface area contributed by atoms with Crippen molar-refractivity contribution in [1.29, 1.82) is 0 Å². The number of nitrogens with zero attached hydrogens (tertiary/aromatic N) is 1. The molecule has 0 radical (unpaired) electrons. The van der Waals surface area contributed by atoms with Crippen LogP contribution in [-0.4, -0.2) is 35.3 Å². The van der Waals surface area contributed by atoms with Crippen molar-refractivity contribution in [3.8, 4) is 0 Å². The summed E-state index contributed by atoms with van der Waals surface area (Å²) in [7, 11) is 0. The molecule has 0 aliphatic carbocycles. The molecule has 3 atom stereocenters. The van der Waals surface area contributed by atoms with Gasteiger partial charge in [0, 0.05) is 6.04 Å². The van der Waals surface area contributed by atoms with Crippen molar-refractivity contribution >= 4 is 39.0 Å². The predicted molar refractivity (Wildman–Crippen MR) is 82.0 cm³/mol. The highest BCUT2D eigenvalue weighted by atomic mass is 79.9. The maximum absolute atomic E-state index is 12.2. The van der Waals surface area contributed by atoms with E-state index in [-0.39, 0.29) is 18.2 Å². The summed E-state index contributed by atoms with van der Waals surface area (Å²) in [4.78, 5) is 13.9. The lowest BCUT2D eigenvalue weighted by atomic mass is 10.2. The minimum absolute atomic E-state index is 0.00815. The van der Waals surface area contributed by atoms with Gasteiger partial charge in [-0.1, -0.05) is 0 Å². The van der Waals surface area contributed by atoms with Gasteiger partial charge in [0.15, 0.2) is 0 Å².